The second-order valence-corrected chi connectivity index (χ2v) is 7.14. The van der Waals surface area contributed by atoms with Gasteiger partial charge in [0.25, 0.3) is 5.91 Å². The second-order valence-electron chi connectivity index (χ2n) is 6.11. The topological polar surface area (TPSA) is 54.0 Å². The molecule has 0 unspecified atom stereocenters. The molecule has 0 aromatic carbocycles. The van der Waals surface area contributed by atoms with Crippen molar-refractivity contribution in [3.63, 3.8) is 0 Å². The molecule has 0 saturated heterocycles. The first-order chi connectivity index (χ1) is 7.57. The number of carbonyl (C=O) groups is 1. The number of nitrogens with zero attached hydrogens (tertiary/aromatic N) is 1. The predicted molar refractivity (Wildman–Crippen MR) is 72.7 cm³/mol. The Hall–Kier alpha value is -1.10. The molecule has 96 valence electrons. The van der Waals surface area contributed by atoms with Crippen LogP contribution in [0.25, 0.3) is 0 Å². The van der Waals surface area contributed by atoms with E-state index in [1.54, 1.807) is 6.20 Å². The first kappa shape index (κ1) is 14.0. The van der Waals surface area contributed by atoms with Crippen molar-refractivity contribution in [3.8, 4) is 0 Å². The maximum atomic E-state index is 11.9. The predicted octanol–water partition coefficient (Wildman–Crippen LogP) is 2.88. The molecule has 1 amide bonds. The van der Waals surface area contributed by atoms with Crippen LogP contribution >= 0.6 is 11.3 Å². The molecule has 0 bridgehead atoms. The van der Waals surface area contributed by atoms with Crippen molar-refractivity contribution < 1.29 is 4.79 Å². The third-order valence-electron chi connectivity index (χ3n) is 1.70. The lowest BCUT2D eigenvalue weighted by atomic mass is 10.1. The van der Waals surface area contributed by atoms with Crippen LogP contribution in [-0.2, 0) is 0 Å². The van der Waals surface area contributed by atoms with Gasteiger partial charge in [0.2, 0.25) is 0 Å². The number of anilines is 1. The maximum absolute atomic E-state index is 11.9. The Morgan fingerprint density at radius 1 is 1.18 bits per heavy atom. The Kier molecular flexibility index (Phi) is 3.81. The van der Waals surface area contributed by atoms with Crippen molar-refractivity contribution in [2.24, 2.45) is 0 Å². The van der Waals surface area contributed by atoms with E-state index in [4.69, 9.17) is 0 Å². The van der Waals surface area contributed by atoms with Crippen LogP contribution in [0.3, 0.4) is 0 Å². The van der Waals surface area contributed by atoms with Gasteiger partial charge < -0.3 is 10.6 Å². The zero-order chi connectivity index (χ0) is 13.3. The number of aromatic nitrogens is 1. The summed E-state index contributed by atoms with van der Waals surface area (Å²) in [5.41, 5.74) is -0.270. The summed E-state index contributed by atoms with van der Waals surface area (Å²) in [6.07, 6.45) is 1.61. The molecule has 1 rings (SSSR count). The largest absolute Gasteiger partial charge is 0.357 e. The number of rotatable bonds is 2. The number of amides is 1. The van der Waals surface area contributed by atoms with Crippen LogP contribution in [-0.4, -0.2) is 22.0 Å². The van der Waals surface area contributed by atoms with E-state index in [9.17, 15) is 4.79 Å². The van der Waals surface area contributed by atoms with Crippen LogP contribution < -0.4 is 10.6 Å². The summed E-state index contributed by atoms with van der Waals surface area (Å²) in [5.74, 6) is -0.0723. The number of carbonyl (C=O) groups excluding carboxylic acids is 1. The first-order valence-electron chi connectivity index (χ1n) is 5.63. The van der Waals surface area contributed by atoms with E-state index in [0.29, 0.717) is 4.88 Å². The Balaban J connectivity index is 2.72. The molecule has 0 fully saturated rings. The molecule has 0 atom stereocenters. The summed E-state index contributed by atoms with van der Waals surface area (Å²) in [6, 6.07) is 0. The highest BCUT2D eigenvalue weighted by molar-refractivity contribution is 7.17. The Labute approximate surface area is 107 Å². The average molecular weight is 255 g/mol. The summed E-state index contributed by atoms with van der Waals surface area (Å²) in [5, 5.41) is 6.94. The molecular formula is C12H21N3OS. The van der Waals surface area contributed by atoms with Crippen LogP contribution in [0, 0.1) is 0 Å². The van der Waals surface area contributed by atoms with E-state index >= 15 is 0 Å². The fourth-order valence-electron chi connectivity index (χ4n) is 1.16. The highest BCUT2D eigenvalue weighted by Crippen LogP contribution is 2.22. The van der Waals surface area contributed by atoms with E-state index in [2.05, 4.69) is 36.4 Å². The Bertz CT molecular complexity index is 399. The Morgan fingerprint density at radius 2 is 1.76 bits per heavy atom. The summed E-state index contributed by atoms with van der Waals surface area (Å²) in [4.78, 5) is 16.7. The standard InChI is InChI=1S/C12H21N3OS/c1-11(2,3)14-9(16)8-7-13-10(17-8)15-12(4,5)6/h7H,1-6H3,(H,13,15)(H,14,16). The minimum Gasteiger partial charge on any atom is -0.357 e. The van der Waals surface area contributed by atoms with Crippen molar-refractivity contribution in [3.05, 3.63) is 11.1 Å². The molecule has 0 radical (unpaired) electrons. The highest BCUT2D eigenvalue weighted by atomic mass is 32.1. The third-order valence-corrected chi connectivity index (χ3v) is 2.61. The van der Waals surface area contributed by atoms with E-state index in [-0.39, 0.29) is 17.0 Å². The fraction of sp³-hybridized carbons (Fsp3) is 0.667. The summed E-state index contributed by atoms with van der Waals surface area (Å²) in [7, 11) is 0. The minimum absolute atomic E-state index is 0.0460. The van der Waals surface area contributed by atoms with Gasteiger partial charge in [0.05, 0.1) is 6.20 Å². The number of hydrogen-bond acceptors (Lipinski definition) is 4. The van der Waals surface area contributed by atoms with E-state index in [1.807, 2.05) is 20.8 Å². The van der Waals surface area contributed by atoms with E-state index < -0.39 is 0 Å². The lowest BCUT2D eigenvalue weighted by Crippen LogP contribution is -2.40. The molecule has 0 aliphatic carbocycles. The van der Waals surface area contributed by atoms with Gasteiger partial charge in [-0.05, 0) is 41.5 Å². The van der Waals surface area contributed by atoms with E-state index in [1.165, 1.54) is 11.3 Å². The van der Waals surface area contributed by atoms with Crippen LogP contribution in [0.15, 0.2) is 6.20 Å². The van der Waals surface area contributed by atoms with Gasteiger partial charge >= 0.3 is 0 Å². The fourth-order valence-corrected chi connectivity index (χ4v) is 2.08. The average Bonchev–Trinajstić information content (AvgIpc) is 2.45. The molecule has 17 heavy (non-hydrogen) atoms. The molecule has 0 aliphatic rings. The normalized spacial score (nSPS) is 12.4. The van der Waals surface area contributed by atoms with Gasteiger partial charge in [-0.15, -0.1) is 0 Å². The molecule has 1 aromatic rings. The van der Waals surface area contributed by atoms with Crippen LogP contribution in [0.5, 0.6) is 0 Å². The smallest absolute Gasteiger partial charge is 0.263 e. The van der Waals surface area contributed by atoms with Crippen molar-refractivity contribution in [1.82, 2.24) is 10.3 Å². The second kappa shape index (κ2) is 4.64. The van der Waals surface area contributed by atoms with Crippen molar-refractivity contribution in [2.45, 2.75) is 52.6 Å². The van der Waals surface area contributed by atoms with Gasteiger partial charge in [-0.2, -0.15) is 0 Å². The molecular weight excluding hydrogens is 234 g/mol. The number of hydrogen-bond donors (Lipinski definition) is 2. The SMILES string of the molecule is CC(C)(C)NC(=O)c1cnc(NC(C)(C)C)s1. The van der Waals surface area contributed by atoms with Crippen LogP contribution in [0.4, 0.5) is 5.13 Å². The monoisotopic (exact) mass is 255 g/mol. The van der Waals surface area contributed by atoms with Crippen molar-refractivity contribution in [1.29, 1.82) is 0 Å². The number of nitrogens with one attached hydrogen (secondary N) is 2. The lowest BCUT2D eigenvalue weighted by molar-refractivity contribution is 0.0923. The van der Waals surface area contributed by atoms with Gasteiger partial charge in [-0.25, -0.2) is 4.98 Å². The van der Waals surface area contributed by atoms with Gasteiger partial charge in [-0.3, -0.25) is 4.79 Å². The molecule has 0 saturated carbocycles. The number of thiazole rings is 1. The van der Waals surface area contributed by atoms with Crippen LogP contribution in [0.2, 0.25) is 0 Å². The summed E-state index contributed by atoms with van der Waals surface area (Å²) < 4.78 is 0. The van der Waals surface area contributed by atoms with Gasteiger partial charge in [0.1, 0.15) is 4.88 Å². The third kappa shape index (κ3) is 5.17. The zero-order valence-electron chi connectivity index (χ0n) is 11.3. The van der Waals surface area contributed by atoms with Crippen molar-refractivity contribution >= 4 is 22.4 Å². The highest BCUT2D eigenvalue weighted by Gasteiger charge is 2.18. The molecule has 5 heteroatoms. The van der Waals surface area contributed by atoms with Crippen molar-refractivity contribution in [2.75, 3.05) is 5.32 Å². The molecule has 0 spiro atoms. The lowest BCUT2D eigenvalue weighted by Gasteiger charge is -2.20. The maximum Gasteiger partial charge on any atom is 0.263 e. The molecule has 1 aromatic heterocycles. The van der Waals surface area contributed by atoms with Gasteiger partial charge in [-0.1, -0.05) is 11.3 Å². The summed E-state index contributed by atoms with van der Waals surface area (Å²) >= 11 is 1.37. The van der Waals surface area contributed by atoms with E-state index in [0.717, 1.165) is 5.13 Å². The molecule has 1 heterocycles. The summed E-state index contributed by atoms with van der Waals surface area (Å²) in [6.45, 7) is 12.1. The first-order valence-corrected chi connectivity index (χ1v) is 6.45. The van der Waals surface area contributed by atoms with Crippen LogP contribution in [0.1, 0.15) is 51.2 Å². The minimum atomic E-state index is -0.224. The Morgan fingerprint density at radius 3 is 2.24 bits per heavy atom. The van der Waals surface area contributed by atoms with Gasteiger partial charge in [0, 0.05) is 11.1 Å². The quantitative estimate of drug-likeness (QED) is 0.854. The molecule has 2 N–H and O–H groups in total. The van der Waals surface area contributed by atoms with Gasteiger partial charge in [0.15, 0.2) is 5.13 Å². The molecule has 4 nitrogen and oxygen atoms in total. The zero-order valence-corrected chi connectivity index (χ0v) is 12.2. The molecule has 0 aliphatic heterocycles.